The van der Waals surface area contributed by atoms with Gasteiger partial charge in [0.05, 0.1) is 5.69 Å². The summed E-state index contributed by atoms with van der Waals surface area (Å²) in [4.78, 5) is 12.2. The van der Waals surface area contributed by atoms with Crippen LogP contribution in [0.3, 0.4) is 0 Å². The Hall–Kier alpha value is -3.21. The monoisotopic (exact) mass is 347 g/mol. The minimum atomic E-state index is -0.268. The molecule has 3 aromatic rings. The summed E-state index contributed by atoms with van der Waals surface area (Å²) in [5, 5.41) is 11.3. The van der Waals surface area contributed by atoms with E-state index in [1.165, 1.54) is 0 Å². The summed E-state index contributed by atoms with van der Waals surface area (Å²) in [7, 11) is 0. The Bertz CT molecular complexity index is 868. The Kier molecular flexibility index (Phi) is 4.98. The van der Waals surface area contributed by atoms with Crippen LogP contribution in [0.2, 0.25) is 0 Å². The van der Waals surface area contributed by atoms with Crippen molar-refractivity contribution in [2.75, 3.05) is 0 Å². The average Bonchev–Trinajstić information content (AvgIpc) is 2.62. The van der Waals surface area contributed by atoms with Gasteiger partial charge in [-0.1, -0.05) is 30.3 Å². The molecule has 0 unspecified atom stereocenters. The predicted molar refractivity (Wildman–Crippen MR) is 101 cm³/mol. The second-order valence-corrected chi connectivity index (χ2v) is 6.95. The molecule has 3 rings (SSSR count). The Morgan fingerprint density at radius 3 is 2.15 bits per heavy atom. The highest BCUT2D eigenvalue weighted by Crippen LogP contribution is 2.22. The number of aromatic nitrogens is 2. The van der Waals surface area contributed by atoms with Crippen molar-refractivity contribution < 1.29 is 9.53 Å². The zero-order valence-electron chi connectivity index (χ0n) is 15.1. The van der Waals surface area contributed by atoms with E-state index in [0.717, 1.165) is 5.56 Å². The SMILES string of the molecule is CC(C)(C)NC(=O)c1ccc(-c2ccc(Oc3ccccc3)nn2)cc1. The van der Waals surface area contributed by atoms with Crippen LogP contribution in [0.25, 0.3) is 11.3 Å². The maximum atomic E-state index is 12.2. The maximum Gasteiger partial charge on any atom is 0.251 e. The number of hydrogen-bond acceptors (Lipinski definition) is 4. The van der Waals surface area contributed by atoms with Crippen molar-refractivity contribution in [1.82, 2.24) is 15.5 Å². The summed E-state index contributed by atoms with van der Waals surface area (Å²) in [5.41, 5.74) is 1.94. The molecule has 1 aromatic heterocycles. The van der Waals surface area contributed by atoms with Gasteiger partial charge in [0.2, 0.25) is 5.88 Å². The number of rotatable bonds is 4. The number of para-hydroxylation sites is 1. The molecule has 1 amide bonds. The Morgan fingerprint density at radius 1 is 0.885 bits per heavy atom. The van der Waals surface area contributed by atoms with Crippen LogP contribution >= 0.6 is 0 Å². The molecule has 1 heterocycles. The van der Waals surface area contributed by atoms with Gasteiger partial charge in [0.25, 0.3) is 5.91 Å². The van der Waals surface area contributed by atoms with Crippen LogP contribution in [0.5, 0.6) is 11.6 Å². The predicted octanol–water partition coefficient (Wildman–Crippen LogP) is 4.46. The fraction of sp³-hybridized carbons (Fsp3) is 0.190. The van der Waals surface area contributed by atoms with Gasteiger partial charge in [-0.25, -0.2) is 0 Å². The number of ether oxygens (including phenoxy) is 1. The summed E-state index contributed by atoms with van der Waals surface area (Å²) in [6, 6.07) is 20.3. The fourth-order valence-electron chi connectivity index (χ4n) is 2.34. The highest BCUT2D eigenvalue weighted by atomic mass is 16.5. The van der Waals surface area contributed by atoms with Crippen LogP contribution in [0, 0.1) is 0 Å². The first-order valence-electron chi connectivity index (χ1n) is 8.40. The summed E-state index contributed by atoms with van der Waals surface area (Å²) in [6.07, 6.45) is 0. The quantitative estimate of drug-likeness (QED) is 0.756. The molecule has 0 aliphatic carbocycles. The Labute approximate surface area is 153 Å². The molecule has 0 radical (unpaired) electrons. The molecule has 0 fully saturated rings. The van der Waals surface area contributed by atoms with Crippen molar-refractivity contribution in [3.8, 4) is 22.9 Å². The van der Waals surface area contributed by atoms with Gasteiger partial charge in [0, 0.05) is 22.7 Å². The van der Waals surface area contributed by atoms with Crippen LogP contribution in [-0.2, 0) is 0 Å². The van der Waals surface area contributed by atoms with E-state index >= 15 is 0 Å². The van der Waals surface area contributed by atoms with Gasteiger partial charge in [-0.15, -0.1) is 10.2 Å². The third-order valence-electron chi connectivity index (χ3n) is 3.54. The minimum Gasteiger partial charge on any atom is -0.438 e. The van der Waals surface area contributed by atoms with Gasteiger partial charge in [-0.2, -0.15) is 0 Å². The molecule has 0 aliphatic rings. The number of hydrogen-bond donors (Lipinski definition) is 1. The lowest BCUT2D eigenvalue weighted by Gasteiger charge is -2.20. The molecule has 0 saturated heterocycles. The van der Waals surface area contributed by atoms with E-state index in [-0.39, 0.29) is 11.4 Å². The second kappa shape index (κ2) is 7.35. The topological polar surface area (TPSA) is 64.1 Å². The molecular formula is C21H21N3O2. The van der Waals surface area contributed by atoms with Crippen molar-refractivity contribution >= 4 is 5.91 Å². The minimum absolute atomic E-state index is 0.0956. The van der Waals surface area contributed by atoms with E-state index in [0.29, 0.717) is 22.9 Å². The van der Waals surface area contributed by atoms with Crippen molar-refractivity contribution in [3.05, 3.63) is 72.3 Å². The average molecular weight is 347 g/mol. The third kappa shape index (κ3) is 4.66. The normalized spacial score (nSPS) is 11.0. The van der Waals surface area contributed by atoms with Gasteiger partial charge in [0.1, 0.15) is 5.75 Å². The molecular weight excluding hydrogens is 326 g/mol. The van der Waals surface area contributed by atoms with E-state index in [4.69, 9.17) is 4.74 Å². The fourth-order valence-corrected chi connectivity index (χ4v) is 2.34. The van der Waals surface area contributed by atoms with Crippen LogP contribution in [0.4, 0.5) is 0 Å². The lowest BCUT2D eigenvalue weighted by molar-refractivity contribution is 0.0919. The molecule has 5 nitrogen and oxygen atoms in total. The van der Waals surface area contributed by atoms with Crippen LogP contribution in [0.1, 0.15) is 31.1 Å². The number of nitrogens with zero attached hydrogens (tertiary/aromatic N) is 2. The molecule has 26 heavy (non-hydrogen) atoms. The molecule has 0 saturated carbocycles. The molecule has 132 valence electrons. The largest absolute Gasteiger partial charge is 0.438 e. The van der Waals surface area contributed by atoms with E-state index in [1.54, 1.807) is 18.2 Å². The van der Waals surface area contributed by atoms with Gasteiger partial charge in [-0.3, -0.25) is 4.79 Å². The number of amides is 1. The third-order valence-corrected chi connectivity index (χ3v) is 3.54. The maximum absolute atomic E-state index is 12.2. The number of carbonyl (C=O) groups excluding carboxylic acids is 1. The number of benzene rings is 2. The van der Waals surface area contributed by atoms with Gasteiger partial charge >= 0.3 is 0 Å². The highest BCUT2D eigenvalue weighted by Gasteiger charge is 2.15. The van der Waals surface area contributed by atoms with Crippen molar-refractivity contribution in [2.24, 2.45) is 0 Å². The van der Waals surface area contributed by atoms with E-state index in [1.807, 2.05) is 69.3 Å². The smallest absolute Gasteiger partial charge is 0.251 e. The van der Waals surface area contributed by atoms with Crippen molar-refractivity contribution in [1.29, 1.82) is 0 Å². The molecule has 0 atom stereocenters. The van der Waals surface area contributed by atoms with Crippen LogP contribution < -0.4 is 10.1 Å². The van der Waals surface area contributed by atoms with Crippen molar-refractivity contribution in [3.63, 3.8) is 0 Å². The molecule has 5 heteroatoms. The summed E-state index contributed by atoms with van der Waals surface area (Å²) >= 11 is 0. The zero-order valence-corrected chi connectivity index (χ0v) is 15.1. The first-order valence-corrected chi connectivity index (χ1v) is 8.40. The first-order chi connectivity index (χ1) is 12.4. The van der Waals surface area contributed by atoms with Gasteiger partial charge in [0.15, 0.2) is 0 Å². The number of nitrogens with one attached hydrogen (secondary N) is 1. The molecule has 0 aliphatic heterocycles. The van der Waals surface area contributed by atoms with Crippen molar-refractivity contribution in [2.45, 2.75) is 26.3 Å². The Morgan fingerprint density at radius 2 is 1.58 bits per heavy atom. The second-order valence-electron chi connectivity index (χ2n) is 6.95. The Balaban J connectivity index is 1.70. The zero-order chi connectivity index (χ0) is 18.6. The lowest BCUT2D eigenvalue weighted by atomic mass is 10.1. The van der Waals surface area contributed by atoms with Crippen LogP contribution in [0.15, 0.2) is 66.7 Å². The summed E-state index contributed by atoms with van der Waals surface area (Å²) < 4.78 is 5.64. The number of carbonyl (C=O) groups is 1. The summed E-state index contributed by atoms with van der Waals surface area (Å²) in [5.74, 6) is 1.05. The van der Waals surface area contributed by atoms with E-state index < -0.39 is 0 Å². The van der Waals surface area contributed by atoms with E-state index in [2.05, 4.69) is 15.5 Å². The first kappa shape index (κ1) is 17.6. The van der Waals surface area contributed by atoms with Gasteiger partial charge in [-0.05, 0) is 51.1 Å². The highest BCUT2D eigenvalue weighted by molar-refractivity contribution is 5.95. The molecule has 0 bridgehead atoms. The van der Waals surface area contributed by atoms with Crippen LogP contribution in [-0.4, -0.2) is 21.6 Å². The van der Waals surface area contributed by atoms with Gasteiger partial charge < -0.3 is 10.1 Å². The molecule has 1 N–H and O–H groups in total. The standard InChI is InChI=1S/C21H21N3O2/c1-21(2,3)22-20(25)16-11-9-15(10-12-16)18-13-14-19(24-23-18)26-17-7-5-4-6-8-17/h4-14H,1-3H3,(H,22,25). The summed E-state index contributed by atoms with van der Waals surface area (Å²) in [6.45, 7) is 5.86. The molecule has 2 aromatic carbocycles. The van der Waals surface area contributed by atoms with E-state index in [9.17, 15) is 4.79 Å². The lowest BCUT2D eigenvalue weighted by Crippen LogP contribution is -2.40. The molecule has 0 spiro atoms.